The van der Waals surface area contributed by atoms with Crippen molar-refractivity contribution in [2.75, 3.05) is 0 Å². The van der Waals surface area contributed by atoms with E-state index in [1.165, 1.54) is 49.7 Å². The molecular formula is C17H23S. The van der Waals surface area contributed by atoms with Gasteiger partial charge >= 0.3 is 0 Å². The van der Waals surface area contributed by atoms with Gasteiger partial charge in [0.2, 0.25) is 0 Å². The average molecular weight is 259 g/mol. The molecule has 0 unspecified atom stereocenters. The molecule has 0 bridgehead atoms. The van der Waals surface area contributed by atoms with E-state index in [-0.39, 0.29) is 0 Å². The summed E-state index contributed by atoms with van der Waals surface area (Å²) in [6.07, 6.45) is 10.0. The zero-order valence-electron chi connectivity index (χ0n) is 11.5. The van der Waals surface area contributed by atoms with Gasteiger partial charge in [0.25, 0.3) is 0 Å². The summed E-state index contributed by atoms with van der Waals surface area (Å²) in [4.78, 5) is 1.56. The fraction of sp³-hybridized carbons (Fsp3) is 0.471. The Morgan fingerprint density at radius 1 is 0.944 bits per heavy atom. The molecule has 1 aromatic carbocycles. The van der Waals surface area contributed by atoms with Crippen LogP contribution in [-0.4, -0.2) is 0 Å². The summed E-state index contributed by atoms with van der Waals surface area (Å²) in [5.74, 6) is 0. The van der Waals surface area contributed by atoms with Crippen molar-refractivity contribution in [3.8, 4) is 0 Å². The predicted molar refractivity (Wildman–Crippen MR) is 83.4 cm³/mol. The van der Waals surface area contributed by atoms with Crippen molar-refractivity contribution in [1.29, 1.82) is 0 Å². The lowest BCUT2D eigenvalue weighted by atomic mass is 9.99. The van der Waals surface area contributed by atoms with Crippen LogP contribution in [0, 0.1) is 5.25 Å². The molecule has 0 amide bonds. The smallest absolute Gasteiger partial charge is 0.0648 e. The lowest BCUT2D eigenvalue weighted by Crippen LogP contribution is -2.03. The first-order valence-electron chi connectivity index (χ1n) is 7.18. The molecule has 1 radical (unpaired) electrons. The molecule has 0 nitrogen and oxygen atoms in total. The lowest BCUT2D eigenvalue weighted by molar-refractivity contribution is 0.777. The van der Waals surface area contributed by atoms with Crippen LogP contribution in [0.15, 0.2) is 29.2 Å². The van der Waals surface area contributed by atoms with Gasteiger partial charge in [-0.3, -0.25) is 0 Å². The number of hydrogen-bond acceptors (Lipinski definition) is 1. The van der Waals surface area contributed by atoms with Gasteiger partial charge in [0.1, 0.15) is 0 Å². The first kappa shape index (κ1) is 13.7. The molecule has 1 aromatic rings. The monoisotopic (exact) mass is 259 g/mol. The van der Waals surface area contributed by atoms with Crippen LogP contribution in [-0.2, 0) is 0 Å². The van der Waals surface area contributed by atoms with E-state index in [1.54, 1.807) is 10.2 Å². The normalized spacial score (nSPS) is 15.3. The minimum absolute atomic E-state index is 1.24. The van der Waals surface area contributed by atoms with Gasteiger partial charge in [-0.05, 0) is 41.4 Å². The number of unbranched alkanes of at least 4 members (excludes halogenated alkanes) is 2. The van der Waals surface area contributed by atoms with E-state index in [1.807, 2.05) is 11.8 Å². The molecule has 0 aromatic heterocycles. The van der Waals surface area contributed by atoms with Crippen LogP contribution in [0.4, 0.5) is 0 Å². The number of benzene rings is 1. The van der Waals surface area contributed by atoms with Crippen molar-refractivity contribution in [2.24, 2.45) is 0 Å². The molecule has 0 spiro atoms. The van der Waals surface area contributed by atoms with Crippen molar-refractivity contribution in [3.63, 3.8) is 0 Å². The molecule has 0 N–H and O–H groups in total. The number of thioether (sulfide) groups is 1. The zero-order chi connectivity index (χ0) is 12.8. The summed E-state index contributed by atoms with van der Waals surface area (Å²) < 4.78 is 0. The molecule has 97 valence electrons. The highest BCUT2D eigenvalue weighted by Crippen LogP contribution is 2.45. The zero-order valence-corrected chi connectivity index (χ0v) is 12.4. The van der Waals surface area contributed by atoms with Crippen molar-refractivity contribution in [2.45, 2.75) is 52.4 Å². The Labute approximate surface area is 116 Å². The predicted octanol–water partition coefficient (Wildman–Crippen LogP) is 6.03. The Hall–Kier alpha value is -0.690. The van der Waals surface area contributed by atoms with Crippen LogP contribution in [0.2, 0.25) is 0 Å². The van der Waals surface area contributed by atoms with Gasteiger partial charge in [-0.2, -0.15) is 0 Å². The maximum absolute atomic E-state index is 2.39. The minimum Gasteiger partial charge on any atom is -0.117 e. The molecule has 0 aliphatic carbocycles. The van der Waals surface area contributed by atoms with Gasteiger partial charge in [0.05, 0.1) is 5.25 Å². The van der Waals surface area contributed by atoms with E-state index >= 15 is 0 Å². The molecule has 0 atom stereocenters. The van der Waals surface area contributed by atoms with Crippen LogP contribution in [0.3, 0.4) is 0 Å². The third-order valence-electron chi connectivity index (χ3n) is 3.37. The number of allylic oxidation sites excluding steroid dienone is 1. The second kappa shape index (κ2) is 7.04. The van der Waals surface area contributed by atoms with Gasteiger partial charge < -0.3 is 0 Å². The first-order valence-corrected chi connectivity index (χ1v) is 8.00. The lowest BCUT2D eigenvalue weighted by Gasteiger charge is -2.24. The fourth-order valence-corrected chi connectivity index (χ4v) is 3.58. The summed E-state index contributed by atoms with van der Waals surface area (Å²) in [7, 11) is 0. The molecule has 1 heterocycles. The second-order valence-corrected chi connectivity index (χ2v) is 6.15. The van der Waals surface area contributed by atoms with Crippen molar-refractivity contribution in [1.82, 2.24) is 0 Å². The molecular weight excluding hydrogens is 236 g/mol. The fourth-order valence-electron chi connectivity index (χ4n) is 2.29. The van der Waals surface area contributed by atoms with Gasteiger partial charge in [-0.25, -0.2) is 0 Å². The molecule has 1 heteroatoms. The minimum atomic E-state index is 1.24. The van der Waals surface area contributed by atoms with Crippen LogP contribution < -0.4 is 0 Å². The van der Waals surface area contributed by atoms with E-state index in [4.69, 9.17) is 0 Å². The molecule has 0 saturated heterocycles. The number of fused-ring (bicyclic) bond motifs is 1. The van der Waals surface area contributed by atoms with E-state index in [2.05, 4.69) is 44.2 Å². The summed E-state index contributed by atoms with van der Waals surface area (Å²) in [5.41, 5.74) is 2.89. The molecule has 1 aliphatic rings. The summed E-state index contributed by atoms with van der Waals surface area (Å²) in [5, 5.41) is 1.58. The molecule has 0 saturated carbocycles. The van der Waals surface area contributed by atoms with E-state index in [0.717, 1.165) is 0 Å². The summed E-state index contributed by atoms with van der Waals surface area (Å²) >= 11 is 2.03. The molecule has 1 aliphatic heterocycles. The van der Waals surface area contributed by atoms with Crippen molar-refractivity contribution >= 4 is 17.8 Å². The molecule has 0 fully saturated rings. The molecule has 18 heavy (non-hydrogen) atoms. The third kappa shape index (κ3) is 3.41. The third-order valence-corrected chi connectivity index (χ3v) is 4.62. The van der Waals surface area contributed by atoms with Crippen LogP contribution >= 0.6 is 11.8 Å². The first-order chi connectivity index (χ1) is 8.85. The van der Waals surface area contributed by atoms with E-state index in [9.17, 15) is 0 Å². The van der Waals surface area contributed by atoms with Gasteiger partial charge in [-0.15, -0.1) is 11.8 Å². The van der Waals surface area contributed by atoms with Crippen LogP contribution in [0.5, 0.6) is 0 Å². The highest BCUT2D eigenvalue weighted by atomic mass is 32.2. The van der Waals surface area contributed by atoms with Gasteiger partial charge in [-0.1, -0.05) is 57.4 Å². The topological polar surface area (TPSA) is 0 Å². The maximum atomic E-state index is 2.39. The number of hydrogen-bond donors (Lipinski definition) is 0. The Morgan fingerprint density at radius 3 is 2.44 bits per heavy atom. The maximum Gasteiger partial charge on any atom is 0.0648 e. The molecule has 2 rings (SSSR count). The Morgan fingerprint density at radius 2 is 1.67 bits per heavy atom. The SMILES string of the molecule is CCCC[C]1SC(CCCC)=Cc2ccccc21. The van der Waals surface area contributed by atoms with E-state index < -0.39 is 0 Å². The summed E-state index contributed by atoms with van der Waals surface area (Å²) in [6.45, 7) is 4.54. The van der Waals surface area contributed by atoms with Crippen molar-refractivity contribution in [3.05, 3.63) is 45.5 Å². The second-order valence-electron chi connectivity index (χ2n) is 4.93. The van der Waals surface area contributed by atoms with Gasteiger partial charge in [0.15, 0.2) is 0 Å². The quantitative estimate of drug-likeness (QED) is 0.600. The Kier molecular flexibility index (Phi) is 5.37. The van der Waals surface area contributed by atoms with Crippen molar-refractivity contribution < 1.29 is 0 Å². The standard InChI is InChI=1S/C17H23S/c1-3-5-10-15-13-14-9-7-8-11-16(14)17(18-15)12-6-4-2/h7-9,11,13H,3-6,10,12H2,1-2H3. The van der Waals surface area contributed by atoms with Crippen LogP contribution in [0.1, 0.15) is 63.5 Å². The summed E-state index contributed by atoms with van der Waals surface area (Å²) in [6, 6.07) is 8.85. The Balaban J connectivity index is 2.16. The largest absolute Gasteiger partial charge is 0.117 e. The Bertz CT molecular complexity index is 406. The highest BCUT2D eigenvalue weighted by Gasteiger charge is 2.21. The highest BCUT2D eigenvalue weighted by molar-refractivity contribution is 8.06. The van der Waals surface area contributed by atoms with Crippen LogP contribution in [0.25, 0.3) is 6.08 Å². The van der Waals surface area contributed by atoms with E-state index in [0.29, 0.717) is 0 Å². The average Bonchev–Trinajstić information content (AvgIpc) is 2.42. The van der Waals surface area contributed by atoms with Gasteiger partial charge in [0, 0.05) is 0 Å². The number of rotatable bonds is 6.